The van der Waals surface area contributed by atoms with Crippen LogP contribution in [0, 0.1) is 0 Å². The fourth-order valence-electron chi connectivity index (χ4n) is 2.65. The summed E-state index contributed by atoms with van der Waals surface area (Å²) in [5, 5.41) is 9.74. The second kappa shape index (κ2) is 7.16. The lowest BCUT2D eigenvalue weighted by Gasteiger charge is -2.12. The molecule has 0 radical (unpaired) electrons. The number of hydrogen-bond acceptors (Lipinski definition) is 5. The largest absolute Gasteiger partial charge is 0.464 e. The minimum Gasteiger partial charge on any atom is -0.464 e. The topological polar surface area (TPSA) is 102 Å². The van der Waals surface area contributed by atoms with Gasteiger partial charge in [0.1, 0.15) is 5.69 Å². The maximum absolute atomic E-state index is 12.6. The molecule has 1 aliphatic rings. The molecule has 0 aliphatic carbocycles. The Hall–Kier alpha value is -3.16. The SMILES string of the molecule is COC(=O)c1cc(C(=O)NCC2CCC(=O)N2)n(-c2ccccc2)n1. The Morgan fingerprint density at radius 2 is 2.12 bits per heavy atom. The van der Waals surface area contributed by atoms with Crippen LogP contribution >= 0.6 is 0 Å². The van der Waals surface area contributed by atoms with E-state index in [0.29, 0.717) is 25.1 Å². The Balaban J connectivity index is 1.83. The van der Waals surface area contributed by atoms with Gasteiger partial charge in [-0.2, -0.15) is 5.10 Å². The molecule has 2 N–H and O–H groups in total. The molecular weight excluding hydrogens is 324 g/mol. The Kier molecular flexibility index (Phi) is 4.78. The van der Waals surface area contributed by atoms with E-state index >= 15 is 0 Å². The molecule has 1 aliphatic heterocycles. The van der Waals surface area contributed by atoms with Crippen molar-refractivity contribution in [3.05, 3.63) is 47.8 Å². The van der Waals surface area contributed by atoms with E-state index in [1.165, 1.54) is 17.9 Å². The first kappa shape index (κ1) is 16.7. The number of carbonyl (C=O) groups is 3. The first-order valence-electron chi connectivity index (χ1n) is 7.90. The summed E-state index contributed by atoms with van der Waals surface area (Å²) in [5.41, 5.74) is 0.915. The molecule has 130 valence electrons. The van der Waals surface area contributed by atoms with E-state index in [9.17, 15) is 14.4 Å². The number of amides is 2. The first-order chi connectivity index (χ1) is 12.1. The van der Waals surface area contributed by atoms with Crippen molar-refractivity contribution in [2.24, 2.45) is 0 Å². The number of ether oxygens (including phenoxy) is 1. The Bertz CT molecular complexity index is 800. The molecule has 1 aromatic heterocycles. The molecule has 1 saturated heterocycles. The van der Waals surface area contributed by atoms with Gasteiger partial charge in [0.2, 0.25) is 5.91 Å². The van der Waals surface area contributed by atoms with Crippen molar-refractivity contribution >= 4 is 17.8 Å². The highest BCUT2D eigenvalue weighted by molar-refractivity contribution is 5.96. The number of nitrogens with one attached hydrogen (secondary N) is 2. The molecule has 2 heterocycles. The summed E-state index contributed by atoms with van der Waals surface area (Å²) in [4.78, 5) is 35.6. The summed E-state index contributed by atoms with van der Waals surface area (Å²) in [7, 11) is 1.26. The number of hydrogen-bond donors (Lipinski definition) is 2. The summed E-state index contributed by atoms with van der Waals surface area (Å²) in [5.74, 6) is -1.01. The second-order valence-electron chi connectivity index (χ2n) is 5.67. The molecule has 1 atom stereocenters. The van der Waals surface area contributed by atoms with Gasteiger partial charge < -0.3 is 15.4 Å². The van der Waals surface area contributed by atoms with Crippen LogP contribution in [0.15, 0.2) is 36.4 Å². The van der Waals surface area contributed by atoms with Gasteiger partial charge in [0.25, 0.3) is 5.91 Å². The fraction of sp³-hybridized carbons (Fsp3) is 0.294. The van der Waals surface area contributed by atoms with Crippen LogP contribution in [0.1, 0.15) is 33.8 Å². The lowest BCUT2D eigenvalue weighted by Crippen LogP contribution is -2.38. The van der Waals surface area contributed by atoms with Crippen molar-refractivity contribution in [1.29, 1.82) is 0 Å². The monoisotopic (exact) mass is 342 g/mol. The smallest absolute Gasteiger partial charge is 0.358 e. The number of carbonyl (C=O) groups excluding carboxylic acids is 3. The van der Waals surface area contributed by atoms with Gasteiger partial charge in [-0.1, -0.05) is 18.2 Å². The Morgan fingerprint density at radius 1 is 1.36 bits per heavy atom. The lowest BCUT2D eigenvalue weighted by atomic mass is 10.2. The van der Waals surface area contributed by atoms with Crippen molar-refractivity contribution in [1.82, 2.24) is 20.4 Å². The van der Waals surface area contributed by atoms with Gasteiger partial charge in [-0.05, 0) is 18.6 Å². The van der Waals surface area contributed by atoms with Crippen LogP contribution < -0.4 is 10.6 Å². The molecule has 1 aromatic carbocycles. The van der Waals surface area contributed by atoms with Crippen molar-refractivity contribution in [3.63, 3.8) is 0 Å². The van der Waals surface area contributed by atoms with E-state index in [1.54, 1.807) is 12.1 Å². The van der Waals surface area contributed by atoms with Crippen LogP contribution in [0.25, 0.3) is 5.69 Å². The van der Waals surface area contributed by atoms with Crippen molar-refractivity contribution in [2.75, 3.05) is 13.7 Å². The minimum atomic E-state index is -0.619. The normalized spacial score (nSPS) is 16.4. The summed E-state index contributed by atoms with van der Waals surface area (Å²) >= 11 is 0. The number of nitrogens with zero attached hydrogens (tertiary/aromatic N) is 2. The second-order valence-corrected chi connectivity index (χ2v) is 5.67. The third-order valence-corrected chi connectivity index (χ3v) is 3.93. The number of methoxy groups -OCH3 is 1. The average molecular weight is 342 g/mol. The predicted molar refractivity (Wildman–Crippen MR) is 88.4 cm³/mol. The van der Waals surface area contributed by atoms with E-state index in [1.807, 2.05) is 18.2 Å². The summed E-state index contributed by atoms with van der Waals surface area (Å²) in [6.45, 7) is 0.318. The van der Waals surface area contributed by atoms with E-state index in [2.05, 4.69) is 20.5 Å². The molecule has 25 heavy (non-hydrogen) atoms. The third kappa shape index (κ3) is 3.68. The molecule has 2 amide bonds. The fourth-order valence-corrected chi connectivity index (χ4v) is 2.65. The highest BCUT2D eigenvalue weighted by Gasteiger charge is 2.24. The molecule has 1 fully saturated rings. The van der Waals surface area contributed by atoms with Gasteiger partial charge >= 0.3 is 5.97 Å². The van der Waals surface area contributed by atoms with Crippen LogP contribution in [0.4, 0.5) is 0 Å². The number of benzene rings is 1. The van der Waals surface area contributed by atoms with Crippen LogP contribution in [-0.4, -0.2) is 47.3 Å². The van der Waals surface area contributed by atoms with Crippen LogP contribution in [-0.2, 0) is 9.53 Å². The van der Waals surface area contributed by atoms with Gasteiger partial charge in [0.05, 0.1) is 12.8 Å². The lowest BCUT2D eigenvalue weighted by molar-refractivity contribution is -0.119. The van der Waals surface area contributed by atoms with Crippen molar-refractivity contribution in [3.8, 4) is 5.69 Å². The Morgan fingerprint density at radius 3 is 2.76 bits per heavy atom. The maximum Gasteiger partial charge on any atom is 0.358 e. The number of esters is 1. The van der Waals surface area contributed by atoms with Gasteiger partial charge in [0.15, 0.2) is 5.69 Å². The number of para-hydroxylation sites is 1. The summed E-state index contributed by atoms with van der Waals surface area (Å²) in [6, 6.07) is 10.3. The van der Waals surface area contributed by atoms with Crippen LogP contribution in [0.2, 0.25) is 0 Å². The predicted octanol–water partition coefficient (Wildman–Crippen LogP) is 0.667. The standard InChI is InChI=1S/C17H18N4O4/c1-25-17(24)13-9-14(21(20-13)12-5-3-2-4-6-12)16(23)18-10-11-7-8-15(22)19-11/h2-6,9,11H,7-8,10H2,1H3,(H,18,23)(H,19,22). The van der Waals surface area contributed by atoms with Crippen molar-refractivity contribution in [2.45, 2.75) is 18.9 Å². The highest BCUT2D eigenvalue weighted by Crippen LogP contribution is 2.14. The molecule has 3 rings (SSSR count). The summed E-state index contributed by atoms with van der Waals surface area (Å²) < 4.78 is 6.08. The average Bonchev–Trinajstić information content (AvgIpc) is 3.26. The van der Waals surface area contributed by atoms with E-state index in [4.69, 9.17) is 0 Å². The first-order valence-corrected chi connectivity index (χ1v) is 7.90. The quantitative estimate of drug-likeness (QED) is 0.778. The number of aromatic nitrogens is 2. The molecule has 8 nitrogen and oxygen atoms in total. The van der Waals surface area contributed by atoms with Crippen molar-refractivity contribution < 1.29 is 19.1 Å². The zero-order chi connectivity index (χ0) is 17.8. The van der Waals surface area contributed by atoms with Crippen LogP contribution in [0.3, 0.4) is 0 Å². The maximum atomic E-state index is 12.6. The highest BCUT2D eigenvalue weighted by atomic mass is 16.5. The molecule has 0 spiro atoms. The zero-order valence-corrected chi connectivity index (χ0v) is 13.7. The molecule has 0 saturated carbocycles. The van der Waals surface area contributed by atoms with E-state index in [0.717, 1.165) is 0 Å². The van der Waals surface area contributed by atoms with Gasteiger partial charge in [-0.25, -0.2) is 9.48 Å². The van der Waals surface area contributed by atoms with Crippen LogP contribution in [0.5, 0.6) is 0 Å². The van der Waals surface area contributed by atoms with Gasteiger partial charge in [0, 0.05) is 25.1 Å². The van der Waals surface area contributed by atoms with E-state index in [-0.39, 0.29) is 29.2 Å². The Labute approximate surface area is 144 Å². The zero-order valence-electron chi connectivity index (χ0n) is 13.7. The van der Waals surface area contributed by atoms with Gasteiger partial charge in [-0.3, -0.25) is 9.59 Å². The summed E-state index contributed by atoms with van der Waals surface area (Å²) in [6.07, 6.45) is 1.15. The minimum absolute atomic E-state index is 0.0125. The molecular formula is C17H18N4O4. The number of rotatable bonds is 5. The third-order valence-electron chi connectivity index (χ3n) is 3.93. The molecule has 8 heteroatoms. The van der Waals surface area contributed by atoms with Gasteiger partial charge in [-0.15, -0.1) is 0 Å². The molecule has 1 unspecified atom stereocenters. The molecule has 0 bridgehead atoms. The molecule has 2 aromatic rings. The van der Waals surface area contributed by atoms with E-state index < -0.39 is 5.97 Å².